The predicted molar refractivity (Wildman–Crippen MR) is 99.0 cm³/mol. The van der Waals surface area contributed by atoms with Crippen molar-refractivity contribution in [2.75, 3.05) is 7.11 Å². The van der Waals surface area contributed by atoms with Crippen molar-refractivity contribution in [2.24, 2.45) is 17.3 Å². The normalized spacial score (nSPS) is 28.6. The van der Waals surface area contributed by atoms with Crippen LogP contribution in [-0.2, 0) is 11.2 Å². The van der Waals surface area contributed by atoms with E-state index >= 15 is 0 Å². The van der Waals surface area contributed by atoms with Gasteiger partial charge in [-0.2, -0.15) is 0 Å². The number of hydrogen-bond acceptors (Lipinski definition) is 3. The minimum Gasteiger partial charge on any atom is -0.497 e. The largest absolute Gasteiger partial charge is 0.497 e. The summed E-state index contributed by atoms with van der Waals surface area (Å²) in [5.41, 5.74) is 2.73. The highest BCUT2D eigenvalue weighted by Gasteiger charge is 2.50. The SMILES string of the molecule is COc1ccc2c(c1)CC[C@@H](C1CCC(=O)[C@@]1(C)CC=C(C)C)C2=O. The molecule has 0 spiro atoms. The number of methoxy groups -OCH3 is 1. The van der Waals surface area contributed by atoms with E-state index < -0.39 is 5.41 Å². The molecule has 0 saturated heterocycles. The lowest BCUT2D eigenvalue weighted by Crippen LogP contribution is -2.38. The number of carbonyl (C=O) groups is 2. The van der Waals surface area contributed by atoms with Gasteiger partial charge in [-0.05, 0) is 69.2 Å². The second-order valence-corrected chi connectivity index (χ2v) is 8.00. The first-order chi connectivity index (χ1) is 11.9. The third kappa shape index (κ3) is 3.17. The summed E-state index contributed by atoms with van der Waals surface area (Å²) in [4.78, 5) is 25.8. The topological polar surface area (TPSA) is 43.4 Å². The Kier molecular flexibility index (Phi) is 4.86. The molecule has 0 heterocycles. The number of aryl methyl sites for hydroxylation is 1. The first-order valence-corrected chi connectivity index (χ1v) is 9.24. The van der Waals surface area contributed by atoms with E-state index in [0.29, 0.717) is 12.2 Å². The van der Waals surface area contributed by atoms with Crippen molar-refractivity contribution in [3.05, 3.63) is 41.0 Å². The first kappa shape index (κ1) is 17.9. The van der Waals surface area contributed by atoms with E-state index in [-0.39, 0.29) is 17.6 Å². The molecule has 3 rings (SSSR count). The van der Waals surface area contributed by atoms with Gasteiger partial charge in [-0.3, -0.25) is 9.59 Å². The Morgan fingerprint density at radius 1 is 1.24 bits per heavy atom. The molecule has 3 nitrogen and oxygen atoms in total. The maximum atomic E-state index is 13.2. The first-order valence-electron chi connectivity index (χ1n) is 9.24. The molecule has 1 aromatic rings. The van der Waals surface area contributed by atoms with Crippen molar-refractivity contribution >= 4 is 11.6 Å². The van der Waals surface area contributed by atoms with Gasteiger partial charge in [0.15, 0.2) is 5.78 Å². The second kappa shape index (κ2) is 6.78. The third-order valence-corrected chi connectivity index (χ3v) is 6.20. The van der Waals surface area contributed by atoms with Gasteiger partial charge in [0.25, 0.3) is 0 Å². The van der Waals surface area contributed by atoms with Gasteiger partial charge >= 0.3 is 0 Å². The molecule has 1 aromatic carbocycles. The zero-order valence-electron chi connectivity index (χ0n) is 15.7. The highest BCUT2D eigenvalue weighted by molar-refractivity contribution is 6.01. The summed E-state index contributed by atoms with van der Waals surface area (Å²) in [7, 11) is 1.65. The molecular weight excluding hydrogens is 312 g/mol. The summed E-state index contributed by atoms with van der Waals surface area (Å²) in [6, 6.07) is 5.74. The molecule has 0 aromatic heterocycles. The van der Waals surface area contributed by atoms with Crippen molar-refractivity contribution in [1.29, 1.82) is 0 Å². The summed E-state index contributed by atoms with van der Waals surface area (Å²) in [6.07, 6.45) is 6.07. The summed E-state index contributed by atoms with van der Waals surface area (Å²) in [5, 5.41) is 0. The van der Waals surface area contributed by atoms with E-state index in [1.165, 1.54) is 5.57 Å². The summed E-state index contributed by atoms with van der Waals surface area (Å²) < 4.78 is 5.28. The Balaban J connectivity index is 1.89. The average molecular weight is 340 g/mol. The standard InChI is InChI=1S/C22H28O3/c1-14(2)11-12-22(3)19(9-10-20(22)23)18-7-5-15-13-16(25-4)6-8-17(15)21(18)24/h6,8,11,13,18-19H,5,7,9-10,12H2,1-4H3/t18-,19?,22-/m0/s1. The van der Waals surface area contributed by atoms with Gasteiger partial charge in [0.05, 0.1) is 7.11 Å². The lowest BCUT2D eigenvalue weighted by Gasteiger charge is -2.37. The van der Waals surface area contributed by atoms with Crippen LogP contribution in [0.25, 0.3) is 0 Å². The zero-order valence-corrected chi connectivity index (χ0v) is 15.7. The van der Waals surface area contributed by atoms with Crippen LogP contribution in [0.15, 0.2) is 29.8 Å². The molecule has 3 atom stereocenters. The molecule has 1 fully saturated rings. The molecular formula is C22H28O3. The van der Waals surface area contributed by atoms with E-state index in [4.69, 9.17) is 4.74 Å². The number of rotatable bonds is 4. The minimum atomic E-state index is -0.401. The fourth-order valence-corrected chi connectivity index (χ4v) is 4.59. The molecule has 1 saturated carbocycles. The van der Waals surface area contributed by atoms with Crippen LogP contribution in [0, 0.1) is 17.3 Å². The Hall–Kier alpha value is -1.90. The molecule has 2 aliphatic rings. The van der Waals surface area contributed by atoms with Crippen molar-refractivity contribution in [3.8, 4) is 5.75 Å². The van der Waals surface area contributed by atoms with Crippen molar-refractivity contribution in [3.63, 3.8) is 0 Å². The fraction of sp³-hybridized carbons (Fsp3) is 0.545. The maximum Gasteiger partial charge on any atom is 0.166 e. The van der Waals surface area contributed by atoms with Crippen LogP contribution in [0.2, 0.25) is 0 Å². The van der Waals surface area contributed by atoms with Crippen molar-refractivity contribution < 1.29 is 14.3 Å². The quantitative estimate of drug-likeness (QED) is 0.741. The van der Waals surface area contributed by atoms with Crippen LogP contribution in [0.5, 0.6) is 5.75 Å². The van der Waals surface area contributed by atoms with Gasteiger partial charge in [-0.15, -0.1) is 0 Å². The van der Waals surface area contributed by atoms with E-state index in [1.807, 2.05) is 18.2 Å². The van der Waals surface area contributed by atoms with Crippen molar-refractivity contribution in [2.45, 2.75) is 52.9 Å². The van der Waals surface area contributed by atoms with E-state index in [9.17, 15) is 9.59 Å². The van der Waals surface area contributed by atoms with Crippen LogP contribution in [0.1, 0.15) is 62.4 Å². The summed E-state index contributed by atoms with van der Waals surface area (Å²) in [6.45, 7) is 6.20. The Labute approximate surface area is 150 Å². The molecule has 0 bridgehead atoms. The van der Waals surface area contributed by atoms with E-state index in [2.05, 4.69) is 26.8 Å². The number of ether oxygens (including phenoxy) is 1. The van der Waals surface area contributed by atoms with Gasteiger partial charge in [0.2, 0.25) is 0 Å². The molecule has 0 radical (unpaired) electrons. The van der Waals surface area contributed by atoms with Crippen LogP contribution in [0.3, 0.4) is 0 Å². The number of carbonyl (C=O) groups excluding carboxylic acids is 2. The van der Waals surface area contributed by atoms with E-state index in [1.54, 1.807) is 7.11 Å². The summed E-state index contributed by atoms with van der Waals surface area (Å²) in [5.74, 6) is 1.45. The number of Topliss-reactive ketones (excluding diaryl/α,β-unsaturated/α-hetero) is 2. The number of ketones is 2. The smallest absolute Gasteiger partial charge is 0.166 e. The molecule has 0 aliphatic heterocycles. The Bertz CT molecular complexity index is 727. The highest BCUT2D eigenvalue weighted by Crippen LogP contribution is 2.50. The molecule has 2 aliphatic carbocycles. The zero-order chi connectivity index (χ0) is 18.2. The van der Waals surface area contributed by atoms with Gasteiger partial charge in [0, 0.05) is 23.3 Å². The van der Waals surface area contributed by atoms with E-state index in [0.717, 1.165) is 42.6 Å². The minimum absolute atomic E-state index is 0.0390. The highest BCUT2D eigenvalue weighted by atomic mass is 16.5. The number of allylic oxidation sites excluding steroid dienone is 2. The molecule has 0 amide bonds. The fourth-order valence-electron chi connectivity index (χ4n) is 4.59. The molecule has 134 valence electrons. The average Bonchev–Trinajstić information content (AvgIpc) is 2.89. The van der Waals surface area contributed by atoms with Gasteiger partial charge < -0.3 is 4.74 Å². The van der Waals surface area contributed by atoms with Gasteiger partial charge in [-0.1, -0.05) is 18.6 Å². The number of benzene rings is 1. The van der Waals surface area contributed by atoms with Crippen LogP contribution >= 0.6 is 0 Å². The van der Waals surface area contributed by atoms with Crippen LogP contribution < -0.4 is 4.74 Å². The second-order valence-electron chi connectivity index (χ2n) is 8.00. The van der Waals surface area contributed by atoms with Gasteiger partial charge in [0.1, 0.15) is 11.5 Å². The summed E-state index contributed by atoms with van der Waals surface area (Å²) >= 11 is 0. The molecule has 0 N–H and O–H groups in total. The van der Waals surface area contributed by atoms with Crippen molar-refractivity contribution in [1.82, 2.24) is 0 Å². The van der Waals surface area contributed by atoms with Gasteiger partial charge in [-0.25, -0.2) is 0 Å². The lowest BCUT2D eigenvalue weighted by atomic mass is 9.65. The maximum absolute atomic E-state index is 13.2. The Morgan fingerprint density at radius 2 is 2.00 bits per heavy atom. The molecule has 25 heavy (non-hydrogen) atoms. The lowest BCUT2D eigenvalue weighted by molar-refractivity contribution is -0.126. The van der Waals surface area contributed by atoms with Crippen LogP contribution in [0.4, 0.5) is 0 Å². The number of fused-ring (bicyclic) bond motifs is 1. The predicted octanol–water partition coefficient (Wildman–Crippen LogP) is 4.78. The monoisotopic (exact) mass is 340 g/mol. The molecule has 1 unspecified atom stereocenters. The molecule has 3 heteroatoms. The third-order valence-electron chi connectivity index (χ3n) is 6.20. The van der Waals surface area contributed by atoms with Crippen LogP contribution in [-0.4, -0.2) is 18.7 Å². The number of hydrogen-bond donors (Lipinski definition) is 0. The Morgan fingerprint density at radius 3 is 2.68 bits per heavy atom.